The van der Waals surface area contributed by atoms with Crippen LogP contribution in [-0.2, 0) is 6.54 Å². The number of benzene rings is 1. The molecule has 0 atom stereocenters. The smallest absolute Gasteiger partial charge is 0.184 e. The molecule has 0 bridgehead atoms. The zero-order chi connectivity index (χ0) is 13.8. The minimum Gasteiger partial charge on any atom is -0.452 e. The highest BCUT2D eigenvalue weighted by atomic mass is 35.5. The predicted molar refractivity (Wildman–Crippen MR) is 79.3 cm³/mol. The Bertz CT molecular complexity index is 550. The molecule has 0 unspecified atom stereocenters. The summed E-state index contributed by atoms with van der Waals surface area (Å²) in [6.07, 6.45) is 4.03. The number of para-hydroxylation sites is 1. The highest BCUT2D eigenvalue weighted by Crippen LogP contribution is 2.30. The molecule has 0 aliphatic carbocycles. The maximum atomic E-state index is 6.35. The zero-order valence-electron chi connectivity index (χ0n) is 11.3. The highest BCUT2D eigenvalue weighted by molar-refractivity contribution is 6.31. The second-order valence-electron chi connectivity index (χ2n) is 5.09. The van der Waals surface area contributed by atoms with Gasteiger partial charge in [-0.25, -0.2) is 0 Å². The van der Waals surface area contributed by atoms with Gasteiger partial charge in [-0.3, -0.25) is 4.68 Å². The van der Waals surface area contributed by atoms with Crippen LogP contribution in [0.15, 0.2) is 36.5 Å². The summed E-state index contributed by atoms with van der Waals surface area (Å²) in [6, 6.07) is 9.63. The number of rotatable bonds is 4. The normalized spacial score (nSPS) is 16.2. The summed E-state index contributed by atoms with van der Waals surface area (Å²) < 4.78 is 7.59. The van der Waals surface area contributed by atoms with E-state index in [-0.39, 0.29) is 0 Å². The number of nitrogens with one attached hydrogen (secondary N) is 1. The Morgan fingerprint density at radius 1 is 1.25 bits per heavy atom. The van der Waals surface area contributed by atoms with Crippen LogP contribution in [0.4, 0.5) is 0 Å². The van der Waals surface area contributed by atoms with Gasteiger partial charge in [0.1, 0.15) is 5.75 Å². The van der Waals surface area contributed by atoms with Crippen LogP contribution < -0.4 is 10.1 Å². The Kier molecular flexibility index (Phi) is 4.23. The van der Waals surface area contributed by atoms with Crippen molar-refractivity contribution in [2.75, 3.05) is 13.1 Å². The van der Waals surface area contributed by atoms with Crippen LogP contribution in [-0.4, -0.2) is 22.9 Å². The lowest BCUT2D eigenvalue weighted by Gasteiger charge is -2.22. The summed E-state index contributed by atoms with van der Waals surface area (Å²) in [4.78, 5) is 0. The first-order valence-corrected chi connectivity index (χ1v) is 7.35. The van der Waals surface area contributed by atoms with Crippen molar-refractivity contribution in [3.63, 3.8) is 0 Å². The summed E-state index contributed by atoms with van der Waals surface area (Å²) >= 11 is 6.35. The molecule has 1 saturated heterocycles. The number of ether oxygens (including phenoxy) is 1. The third-order valence-corrected chi connectivity index (χ3v) is 3.99. The van der Waals surface area contributed by atoms with E-state index in [9.17, 15) is 0 Å². The molecule has 1 fully saturated rings. The molecule has 0 amide bonds. The van der Waals surface area contributed by atoms with Gasteiger partial charge < -0.3 is 10.1 Å². The topological polar surface area (TPSA) is 39.1 Å². The first-order chi connectivity index (χ1) is 9.83. The molecule has 4 nitrogen and oxygen atoms in total. The van der Waals surface area contributed by atoms with E-state index in [2.05, 4.69) is 10.4 Å². The van der Waals surface area contributed by atoms with Gasteiger partial charge in [-0.1, -0.05) is 29.8 Å². The average Bonchev–Trinajstić information content (AvgIpc) is 2.83. The minimum atomic E-state index is 0.576. The molecule has 5 heteroatoms. The van der Waals surface area contributed by atoms with Gasteiger partial charge in [0.25, 0.3) is 0 Å². The summed E-state index contributed by atoms with van der Waals surface area (Å²) in [5.74, 6) is 2.03. The average molecular weight is 292 g/mol. The SMILES string of the molecule is Clc1c(Oc2ccccc2)cnn1CC1CCNCC1. The van der Waals surface area contributed by atoms with Crippen LogP contribution in [0.3, 0.4) is 0 Å². The third kappa shape index (κ3) is 3.14. The lowest BCUT2D eigenvalue weighted by atomic mass is 9.98. The number of piperidine rings is 1. The molecule has 1 aromatic heterocycles. The van der Waals surface area contributed by atoms with Gasteiger partial charge in [0.05, 0.1) is 6.20 Å². The van der Waals surface area contributed by atoms with Crippen LogP contribution in [0.25, 0.3) is 0 Å². The van der Waals surface area contributed by atoms with E-state index in [4.69, 9.17) is 16.3 Å². The minimum absolute atomic E-state index is 0.576. The van der Waals surface area contributed by atoms with Gasteiger partial charge in [-0.05, 0) is 44.0 Å². The van der Waals surface area contributed by atoms with Crippen LogP contribution >= 0.6 is 11.6 Å². The van der Waals surface area contributed by atoms with Crippen molar-refractivity contribution >= 4 is 11.6 Å². The molecule has 0 radical (unpaired) electrons. The summed E-state index contributed by atoms with van der Waals surface area (Å²) in [6.45, 7) is 3.02. The van der Waals surface area contributed by atoms with E-state index in [0.29, 0.717) is 16.8 Å². The Balaban J connectivity index is 1.68. The van der Waals surface area contributed by atoms with Crippen molar-refractivity contribution < 1.29 is 4.74 Å². The standard InChI is InChI=1S/C15H18ClN3O/c16-15-14(20-13-4-2-1-3-5-13)10-18-19(15)11-12-6-8-17-9-7-12/h1-5,10,12,17H,6-9,11H2. The molecule has 3 rings (SSSR count). The van der Waals surface area contributed by atoms with Crippen molar-refractivity contribution in [1.82, 2.24) is 15.1 Å². The molecule has 1 aromatic carbocycles. The fraction of sp³-hybridized carbons (Fsp3) is 0.400. The Labute approximate surface area is 123 Å². The third-order valence-electron chi connectivity index (χ3n) is 3.61. The molecular weight excluding hydrogens is 274 g/mol. The Hall–Kier alpha value is -1.52. The van der Waals surface area contributed by atoms with E-state index in [1.807, 2.05) is 35.0 Å². The molecule has 2 heterocycles. The first-order valence-electron chi connectivity index (χ1n) is 6.98. The van der Waals surface area contributed by atoms with E-state index >= 15 is 0 Å². The Morgan fingerprint density at radius 3 is 2.75 bits per heavy atom. The van der Waals surface area contributed by atoms with Crippen LogP contribution in [0, 0.1) is 5.92 Å². The van der Waals surface area contributed by atoms with Crippen molar-refractivity contribution in [2.24, 2.45) is 5.92 Å². The summed E-state index contributed by atoms with van der Waals surface area (Å²) in [5, 5.41) is 8.29. The van der Waals surface area contributed by atoms with Gasteiger partial charge in [0.2, 0.25) is 0 Å². The largest absolute Gasteiger partial charge is 0.452 e. The van der Waals surface area contributed by atoms with Gasteiger partial charge in [-0.15, -0.1) is 0 Å². The molecule has 1 aliphatic heterocycles. The molecular formula is C15H18ClN3O. The molecule has 1 N–H and O–H groups in total. The number of nitrogens with zero attached hydrogens (tertiary/aromatic N) is 2. The molecule has 1 aliphatic rings. The molecule has 0 saturated carbocycles. The van der Waals surface area contributed by atoms with E-state index in [0.717, 1.165) is 25.4 Å². The van der Waals surface area contributed by atoms with Gasteiger partial charge in [0, 0.05) is 6.54 Å². The predicted octanol–water partition coefficient (Wildman–Crippen LogP) is 3.33. The quantitative estimate of drug-likeness (QED) is 0.939. The zero-order valence-corrected chi connectivity index (χ0v) is 12.0. The van der Waals surface area contributed by atoms with Crippen molar-refractivity contribution in [3.8, 4) is 11.5 Å². The molecule has 0 spiro atoms. The first kappa shape index (κ1) is 13.5. The monoisotopic (exact) mass is 291 g/mol. The number of aromatic nitrogens is 2. The molecule has 20 heavy (non-hydrogen) atoms. The second-order valence-corrected chi connectivity index (χ2v) is 5.45. The van der Waals surface area contributed by atoms with Crippen LogP contribution in [0.5, 0.6) is 11.5 Å². The van der Waals surface area contributed by atoms with Gasteiger partial charge >= 0.3 is 0 Å². The number of halogens is 1. The lowest BCUT2D eigenvalue weighted by Crippen LogP contribution is -2.30. The van der Waals surface area contributed by atoms with Crippen LogP contribution in [0.2, 0.25) is 5.15 Å². The fourth-order valence-corrected chi connectivity index (χ4v) is 2.67. The highest BCUT2D eigenvalue weighted by Gasteiger charge is 2.17. The van der Waals surface area contributed by atoms with Crippen LogP contribution in [0.1, 0.15) is 12.8 Å². The number of hydrogen-bond acceptors (Lipinski definition) is 3. The number of hydrogen-bond donors (Lipinski definition) is 1. The van der Waals surface area contributed by atoms with Gasteiger partial charge in [-0.2, -0.15) is 5.10 Å². The Morgan fingerprint density at radius 2 is 2.00 bits per heavy atom. The fourth-order valence-electron chi connectivity index (χ4n) is 2.47. The van der Waals surface area contributed by atoms with E-state index in [1.165, 1.54) is 12.8 Å². The van der Waals surface area contributed by atoms with E-state index < -0.39 is 0 Å². The van der Waals surface area contributed by atoms with E-state index in [1.54, 1.807) is 6.20 Å². The summed E-state index contributed by atoms with van der Waals surface area (Å²) in [7, 11) is 0. The van der Waals surface area contributed by atoms with Gasteiger partial charge in [0.15, 0.2) is 10.9 Å². The summed E-state index contributed by atoms with van der Waals surface area (Å²) in [5.41, 5.74) is 0. The maximum Gasteiger partial charge on any atom is 0.184 e. The molecule has 106 valence electrons. The molecule has 2 aromatic rings. The second kappa shape index (κ2) is 6.29. The van der Waals surface area contributed by atoms with Crippen molar-refractivity contribution in [3.05, 3.63) is 41.7 Å². The van der Waals surface area contributed by atoms with Crippen molar-refractivity contribution in [1.29, 1.82) is 0 Å². The lowest BCUT2D eigenvalue weighted by molar-refractivity contribution is 0.321. The maximum absolute atomic E-state index is 6.35. The van der Waals surface area contributed by atoms with Crippen molar-refractivity contribution in [2.45, 2.75) is 19.4 Å².